The number of hydrogen-bond donors (Lipinski definition) is 1. The Labute approximate surface area is 329 Å². The third-order valence-corrected chi connectivity index (χ3v) is 7.85. The topological polar surface area (TPSA) is 176 Å². The summed E-state index contributed by atoms with van der Waals surface area (Å²) in [6.45, 7) is 19.9. The fraction of sp³-hybridized carbons (Fsp3) is 0.610. The Bertz CT molecular complexity index is 1780. The summed E-state index contributed by atoms with van der Waals surface area (Å²) < 4.78 is 34.6. The Kier molecular flexibility index (Phi) is 14.8. The monoisotopic (exact) mass is 785 g/mol. The van der Waals surface area contributed by atoms with Gasteiger partial charge in [-0.05, 0) is 102 Å². The van der Waals surface area contributed by atoms with Crippen LogP contribution in [-0.2, 0) is 35.0 Å². The highest BCUT2D eigenvalue weighted by molar-refractivity contribution is 5.99. The number of amides is 3. The fourth-order valence-corrected chi connectivity index (χ4v) is 5.63. The maximum Gasteiger partial charge on any atom is 0.412 e. The van der Waals surface area contributed by atoms with E-state index in [9.17, 15) is 28.8 Å². The third kappa shape index (κ3) is 14.5. The van der Waals surface area contributed by atoms with Crippen LogP contribution in [0.4, 0.5) is 14.4 Å². The van der Waals surface area contributed by atoms with Crippen LogP contribution in [0.3, 0.4) is 0 Å². The fourth-order valence-electron chi connectivity index (χ4n) is 5.63. The van der Waals surface area contributed by atoms with E-state index >= 15 is 0 Å². The number of hydrogen-bond acceptors (Lipinski definition) is 12. The van der Waals surface area contributed by atoms with Crippen molar-refractivity contribution < 1.29 is 57.2 Å². The molecule has 0 radical (unpaired) electrons. The van der Waals surface area contributed by atoms with Crippen LogP contribution < -0.4 is 19.5 Å². The van der Waals surface area contributed by atoms with Gasteiger partial charge in [-0.15, -0.1) is 0 Å². The number of rotatable bonds is 13. The van der Waals surface area contributed by atoms with Crippen molar-refractivity contribution in [1.82, 2.24) is 15.1 Å². The van der Waals surface area contributed by atoms with Crippen molar-refractivity contribution in [2.75, 3.05) is 32.7 Å². The Morgan fingerprint density at radius 2 is 1.29 bits per heavy atom. The zero-order chi connectivity index (χ0) is 42.2. The molecule has 0 bridgehead atoms. The van der Waals surface area contributed by atoms with E-state index in [1.165, 1.54) is 16.7 Å². The molecule has 0 aromatic heterocycles. The first kappa shape index (κ1) is 45.3. The smallest absolute Gasteiger partial charge is 0.412 e. The number of carbonyl (C=O) groups is 6. The van der Waals surface area contributed by atoms with Crippen LogP contribution in [0, 0.1) is 0 Å². The second-order valence-electron chi connectivity index (χ2n) is 17.4. The molecular weight excluding hydrogens is 726 g/mol. The van der Waals surface area contributed by atoms with Crippen LogP contribution in [-0.4, -0.2) is 101 Å². The maximum absolute atomic E-state index is 13.6. The lowest BCUT2D eigenvalue weighted by molar-refractivity contribution is -0.156. The highest BCUT2D eigenvalue weighted by Crippen LogP contribution is 2.50. The molecule has 2 aromatic rings. The standard InChI is InChI=1S/C41H59N3O12/c1-26(45)24-44(37(50)56-40(8,9)10)23-21-42-35(48)52-33-28-17-14-13-16-27(28)32-29(19-20-41(11,12)54-32)34(33)51-30(46)18-15-22-43(36(49)55-39(5,6)7)25-31(47)53-38(2,3)4/h13-14,16-17H,15,18-25H2,1-12H3,(H,42,48). The molecule has 3 amide bonds. The molecule has 0 aliphatic carbocycles. The molecule has 0 atom stereocenters. The van der Waals surface area contributed by atoms with E-state index in [2.05, 4.69) is 5.32 Å². The Balaban J connectivity index is 1.87. The van der Waals surface area contributed by atoms with Crippen molar-refractivity contribution in [3.63, 3.8) is 0 Å². The number of benzene rings is 2. The first-order valence-electron chi connectivity index (χ1n) is 18.8. The van der Waals surface area contributed by atoms with E-state index < -0.39 is 52.6 Å². The van der Waals surface area contributed by atoms with Crippen molar-refractivity contribution in [3.8, 4) is 17.2 Å². The van der Waals surface area contributed by atoms with Crippen LogP contribution in [0.5, 0.6) is 17.2 Å². The molecule has 15 heteroatoms. The SMILES string of the molecule is CC(=O)CN(CCNC(=O)Oc1c(OC(=O)CCCN(CC(=O)OC(C)(C)C)C(=O)OC(C)(C)C)c2c(c3ccccc13)OC(C)(C)CC2)C(=O)OC(C)(C)C. The minimum absolute atomic E-state index is 0.0125. The van der Waals surface area contributed by atoms with Gasteiger partial charge in [-0.1, -0.05) is 24.3 Å². The molecule has 0 saturated heterocycles. The average molecular weight is 786 g/mol. The minimum Gasteiger partial charge on any atom is -0.487 e. The van der Waals surface area contributed by atoms with Crippen LogP contribution >= 0.6 is 0 Å². The van der Waals surface area contributed by atoms with Crippen LogP contribution in [0.2, 0.25) is 0 Å². The van der Waals surface area contributed by atoms with Gasteiger partial charge in [0.2, 0.25) is 0 Å². The molecule has 0 fully saturated rings. The second-order valence-corrected chi connectivity index (χ2v) is 17.4. The van der Waals surface area contributed by atoms with Crippen molar-refractivity contribution in [3.05, 3.63) is 29.8 Å². The summed E-state index contributed by atoms with van der Waals surface area (Å²) in [6, 6.07) is 7.10. The number of ether oxygens (including phenoxy) is 6. The number of Topliss-reactive ketones (excluding diaryl/α,β-unsaturated/α-hetero) is 1. The van der Waals surface area contributed by atoms with Crippen LogP contribution in [0.1, 0.15) is 108 Å². The molecule has 15 nitrogen and oxygen atoms in total. The molecule has 1 N–H and O–H groups in total. The first-order chi connectivity index (χ1) is 25.7. The minimum atomic E-state index is -0.897. The van der Waals surface area contributed by atoms with E-state index in [1.54, 1.807) is 74.4 Å². The van der Waals surface area contributed by atoms with Gasteiger partial charge in [-0.3, -0.25) is 24.2 Å². The lowest BCUT2D eigenvalue weighted by Crippen LogP contribution is -2.43. The molecule has 3 rings (SSSR count). The predicted octanol–water partition coefficient (Wildman–Crippen LogP) is 7.12. The molecule has 0 saturated carbocycles. The van der Waals surface area contributed by atoms with Gasteiger partial charge in [0.25, 0.3) is 0 Å². The van der Waals surface area contributed by atoms with E-state index in [0.717, 1.165) is 0 Å². The molecule has 0 spiro atoms. The normalized spacial score (nSPS) is 13.7. The molecule has 0 unspecified atom stereocenters. The van der Waals surface area contributed by atoms with Gasteiger partial charge in [0, 0.05) is 42.4 Å². The number of carbonyl (C=O) groups excluding carboxylic acids is 6. The maximum atomic E-state index is 13.6. The molecule has 1 aliphatic rings. The van der Waals surface area contributed by atoms with Gasteiger partial charge >= 0.3 is 30.2 Å². The van der Waals surface area contributed by atoms with Gasteiger partial charge in [-0.2, -0.15) is 0 Å². The summed E-state index contributed by atoms with van der Waals surface area (Å²) >= 11 is 0. The molecule has 56 heavy (non-hydrogen) atoms. The number of esters is 2. The average Bonchev–Trinajstić information content (AvgIpc) is 3.02. The van der Waals surface area contributed by atoms with E-state index in [0.29, 0.717) is 34.9 Å². The zero-order valence-electron chi connectivity index (χ0n) is 35.0. The zero-order valence-corrected chi connectivity index (χ0v) is 35.0. The lowest BCUT2D eigenvalue weighted by atomic mass is 9.91. The molecule has 310 valence electrons. The number of ketones is 1. The summed E-state index contributed by atoms with van der Waals surface area (Å²) in [7, 11) is 0. The Morgan fingerprint density at radius 1 is 0.732 bits per heavy atom. The van der Waals surface area contributed by atoms with Gasteiger partial charge in [-0.25, -0.2) is 14.4 Å². The van der Waals surface area contributed by atoms with Gasteiger partial charge in [0.05, 0.1) is 6.54 Å². The first-order valence-corrected chi connectivity index (χ1v) is 18.8. The van der Waals surface area contributed by atoms with E-state index in [-0.39, 0.29) is 62.8 Å². The highest BCUT2D eigenvalue weighted by atomic mass is 16.6. The van der Waals surface area contributed by atoms with Crippen molar-refractivity contribution in [2.24, 2.45) is 0 Å². The molecule has 2 aromatic carbocycles. The summed E-state index contributed by atoms with van der Waals surface area (Å²) in [6.07, 6.45) is -1.41. The van der Waals surface area contributed by atoms with Crippen molar-refractivity contribution in [1.29, 1.82) is 0 Å². The van der Waals surface area contributed by atoms with Crippen LogP contribution in [0.15, 0.2) is 24.3 Å². The predicted molar refractivity (Wildman–Crippen MR) is 208 cm³/mol. The number of nitrogens with one attached hydrogen (secondary N) is 1. The molecule has 1 aliphatic heterocycles. The van der Waals surface area contributed by atoms with E-state index in [1.807, 2.05) is 26.0 Å². The highest BCUT2D eigenvalue weighted by Gasteiger charge is 2.35. The molecular formula is C41H59N3O12. The summed E-state index contributed by atoms with van der Waals surface area (Å²) in [5.74, 6) is -1.08. The third-order valence-electron chi connectivity index (χ3n) is 7.85. The Hall–Kier alpha value is -5.08. The summed E-state index contributed by atoms with van der Waals surface area (Å²) in [5, 5.41) is 3.70. The summed E-state index contributed by atoms with van der Waals surface area (Å²) in [4.78, 5) is 79.6. The lowest BCUT2D eigenvalue weighted by Gasteiger charge is -2.34. The van der Waals surface area contributed by atoms with E-state index in [4.69, 9.17) is 28.4 Å². The Morgan fingerprint density at radius 3 is 1.84 bits per heavy atom. The number of nitrogens with zero attached hydrogens (tertiary/aromatic N) is 2. The van der Waals surface area contributed by atoms with Gasteiger partial charge < -0.3 is 33.7 Å². The quantitative estimate of drug-likeness (QED) is 0.124. The van der Waals surface area contributed by atoms with Crippen molar-refractivity contribution >= 4 is 46.8 Å². The summed E-state index contributed by atoms with van der Waals surface area (Å²) in [5.41, 5.74) is -2.39. The number of fused-ring (bicyclic) bond motifs is 3. The molecule has 1 heterocycles. The van der Waals surface area contributed by atoms with Crippen LogP contribution in [0.25, 0.3) is 10.8 Å². The largest absolute Gasteiger partial charge is 0.487 e. The van der Waals surface area contributed by atoms with Gasteiger partial charge in [0.1, 0.15) is 40.5 Å². The van der Waals surface area contributed by atoms with Gasteiger partial charge in [0.15, 0.2) is 11.5 Å². The van der Waals surface area contributed by atoms with Crippen molar-refractivity contribution in [2.45, 2.75) is 131 Å². The second kappa shape index (κ2) is 18.2.